The summed E-state index contributed by atoms with van der Waals surface area (Å²) >= 11 is 0. The number of hydrogen-bond acceptors (Lipinski definition) is 2. The zero-order chi connectivity index (χ0) is 39.7. The molecule has 0 aliphatic heterocycles. The molecule has 0 atom stereocenters. The lowest BCUT2D eigenvalue weighted by atomic mass is 9.96. The molecule has 0 N–H and O–H groups in total. The summed E-state index contributed by atoms with van der Waals surface area (Å²) in [5.41, 5.74) is 18.4. The van der Waals surface area contributed by atoms with Crippen molar-refractivity contribution in [2.75, 3.05) is 0 Å². The number of fused-ring (bicyclic) bond motifs is 6. The number of nitrogens with zero attached hydrogens (tertiary/aromatic N) is 4. The van der Waals surface area contributed by atoms with E-state index < -0.39 is 0 Å². The molecule has 10 rings (SSSR count). The highest BCUT2D eigenvalue weighted by Gasteiger charge is 2.24. The minimum Gasteiger partial charge on any atom is -0.308 e. The van der Waals surface area contributed by atoms with Gasteiger partial charge >= 0.3 is 0 Å². The van der Waals surface area contributed by atoms with Gasteiger partial charge < -0.3 is 9.13 Å². The van der Waals surface area contributed by atoms with E-state index in [1.54, 1.807) is 0 Å². The average Bonchev–Trinajstić information content (AvgIpc) is 3.74. The molecule has 0 saturated heterocycles. The zero-order valence-electron chi connectivity index (χ0n) is 32.8. The van der Waals surface area contributed by atoms with E-state index in [2.05, 4.69) is 176 Å². The lowest BCUT2D eigenvalue weighted by molar-refractivity contribution is 1.13. The average molecular weight is 743 g/mol. The van der Waals surface area contributed by atoms with E-state index in [4.69, 9.17) is 0 Å². The van der Waals surface area contributed by atoms with Gasteiger partial charge in [0, 0.05) is 27.1 Å². The largest absolute Gasteiger partial charge is 0.308 e. The van der Waals surface area contributed by atoms with Crippen LogP contribution in [-0.2, 0) is 0 Å². The summed E-state index contributed by atoms with van der Waals surface area (Å²) in [7, 11) is 0. The van der Waals surface area contributed by atoms with Crippen molar-refractivity contribution in [1.29, 1.82) is 10.5 Å². The Morgan fingerprint density at radius 3 is 1.26 bits per heavy atom. The Labute approximate surface area is 337 Å². The van der Waals surface area contributed by atoms with E-state index in [1.165, 1.54) is 33.4 Å². The van der Waals surface area contributed by atoms with Gasteiger partial charge in [0.2, 0.25) is 0 Å². The van der Waals surface area contributed by atoms with Crippen LogP contribution in [0.5, 0.6) is 0 Å². The molecule has 8 aromatic carbocycles. The van der Waals surface area contributed by atoms with E-state index in [9.17, 15) is 10.5 Å². The Balaban J connectivity index is 1.32. The number of aryl methyl sites for hydroxylation is 4. The van der Waals surface area contributed by atoms with Gasteiger partial charge in [0.15, 0.2) is 0 Å². The van der Waals surface area contributed by atoms with Crippen molar-refractivity contribution < 1.29 is 0 Å². The second-order valence-corrected chi connectivity index (χ2v) is 15.6. The zero-order valence-corrected chi connectivity index (χ0v) is 32.8. The Hall–Kier alpha value is -7.66. The molecule has 0 saturated carbocycles. The van der Waals surface area contributed by atoms with E-state index in [1.807, 2.05) is 30.3 Å². The number of hydrogen-bond donors (Lipinski definition) is 0. The van der Waals surface area contributed by atoms with Crippen LogP contribution < -0.4 is 0 Å². The lowest BCUT2D eigenvalue weighted by Gasteiger charge is -2.21. The predicted octanol–water partition coefficient (Wildman–Crippen LogP) is 13.9. The molecule has 58 heavy (non-hydrogen) atoms. The summed E-state index contributed by atoms with van der Waals surface area (Å²) in [5, 5.41) is 25.5. The van der Waals surface area contributed by atoms with Crippen molar-refractivity contribution in [3.8, 4) is 56.9 Å². The maximum Gasteiger partial charge on any atom is 0.0993 e. The molecule has 0 aliphatic carbocycles. The first-order valence-corrected chi connectivity index (χ1v) is 19.6. The molecule has 0 fully saturated rings. The standard InChI is InChI=1S/C54H38N4/c1-33-20-34(2)23-42(22-33)39-16-18-50-46(29-39)44-12-5-7-14-48(44)57(50)52-27-38(32-56)28-53(54(52)41-11-9-10-37(26-41)31-55)58-49-15-8-6-13-45(49)47-30-40(17-19-51(47)58)43-24-35(3)21-36(4)25-43/h5-30H,1-4H3. The fourth-order valence-corrected chi connectivity index (χ4v) is 9.18. The van der Waals surface area contributed by atoms with E-state index in [0.717, 1.165) is 77.2 Å². The molecule has 2 aromatic heterocycles. The molecular weight excluding hydrogens is 705 g/mol. The highest BCUT2D eigenvalue weighted by molar-refractivity contribution is 6.13. The molecule has 0 radical (unpaired) electrons. The third-order valence-electron chi connectivity index (χ3n) is 11.4. The van der Waals surface area contributed by atoms with Gasteiger partial charge in [-0.05, 0) is 116 Å². The molecule has 2 heterocycles. The van der Waals surface area contributed by atoms with Gasteiger partial charge in [0.25, 0.3) is 0 Å². The van der Waals surface area contributed by atoms with Gasteiger partial charge in [0.05, 0.1) is 56.7 Å². The van der Waals surface area contributed by atoms with Gasteiger partial charge in [-0.3, -0.25) is 0 Å². The van der Waals surface area contributed by atoms with Crippen molar-refractivity contribution in [3.05, 3.63) is 191 Å². The van der Waals surface area contributed by atoms with Crippen molar-refractivity contribution in [2.24, 2.45) is 0 Å². The van der Waals surface area contributed by atoms with Crippen molar-refractivity contribution in [3.63, 3.8) is 0 Å². The molecule has 0 amide bonds. The number of nitriles is 2. The summed E-state index contributed by atoms with van der Waals surface area (Å²) < 4.78 is 4.61. The third kappa shape index (κ3) is 5.66. The normalized spacial score (nSPS) is 11.4. The Morgan fingerprint density at radius 2 is 0.793 bits per heavy atom. The minimum absolute atomic E-state index is 0.542. The van der Waals surface area contributed by atoms with Crippen LogP contribution in [0.4, 0.5) is 0 Å². The quantitative estimate of drug-likeness (QED) is 0.176. The van der Waals surface area contributed by atoms with Crippen LogP contribution in [0.3, 0.4) is 0 Å². The predicted molar refractivity (Wildman–Crippen MR) is 240 cm³/mol. The van der Waals surface area contributed by atoms with Gasteiger partial charge in [-0.15, -0.1) is 0 Å². The lowest BCUT2D eigenvalue weighted by Crippen LogP contribution is -2.05. The molecule has 10 aromatic rings. The maximum absolute atomic E-state index is 10.8. The summed E-state index contributed by atoms with van der Waals surface area (Å²) in [5.74, 6) is 0. The number of para-hydroxylation sites is 2. The topological polar surface area (TPSA) is 57.4 Å². The van der Waals surface area contributed by atoms with E-state index >= 15 is 0 Å². The van der Waals surface area contributed by atoms with Crippen molar-refractivity contribution >= 4 is 43.6 Å². The summed E-state index contributed by atoms with van der Waals surface area (Å²) in [4.78, 5) is 0. The van der Waals surface area contributed by atoms with E-state index in [-0.39, 0.29) is 0 Å². The van der Waals surface area contributed by atoms with Crippen LogP contribution in [0.15, 0.2) is 158 Å². The molecule has 0 bridgehead atoms. The molecule has 4 heteroatoms. The van der Waals surface area contributed by atoms with Gasteiger partial charge in [-0.2, -0.15) is 10.5 Å². The fraction of sp³-hybridized carbons (Fsp3) is 0.0741. The van der Waals surface area contributed by atoms with Gasteiger partial charge in [-0.25, -0.2) is 0 Å². The van der Waals surface area contributed by atoms with Crippen LogP contribution in [-0.4, -0.2) is 9.13 Å². The van der Waals surface area contributed by atoms with Crippen LogP contribution >= 0.6 is 0 Å². The molecule has 0 unspecified atom stereocenters. The minimum atomic E-state index is 0.542. The fourth-order valence-electron chi connectivity index (χ4n) is 9.18. The smallest absolute Gasteiger partial charge is 0.0993 e. The summed E-state index contributed by atoms with van der Waals surface area (Å²) in [6.45, 7) is 8.57. The second-order valence-electron chi connectivity index (χ2n) is 15.6. The van der Waals surface area contributed by atoms with Crippen LogP contribution in [0.2, 0.25) is 0 Å². The molecule has 4 nitrogen and oxygen atoms in total. The number of aromatic nitrogens is 2. The Kier molecular flexibility index (Phi) is 8.11. The van der Waals surface area contributed by atoms with Crippen molar-refractivity contribution in [2.45, 2.75) is 27.7 Å². The highest BCUT2D eigenvalue weighted by Crippen LogP contribution is 2.44. The Morgan fingerprint density at radius 1 is 0.345 bits per heavy atom. The van der Waals surface area contributed by atoms with Crippen LogP contribution in [0, 0.1) is 50.4 Å². The van der Waals surface area contributed by atoms with E-state index in [0.29, 0.717) is 11.1 Å². The van der Waals surface area contributed by atoms with Gasteiger partial charge in [0.1, 0.15) is 0 Å². The highest BCUT2D eigenvalue weighted by atomic mass is 15.0. The summed E-state index contributed by atoms with van der Waals surface area (Å²) in [6, 6.07) is 60.6. The molecule has 0 aliphatic rings. The Bertz CT molecular complexity index is 3180. The number of rotatable bonds is 5. The SMILES string of the molecule is Cc1cc(C)cc(-c2ccc3c(c2)c2ccccc2n3-c2cc(C#N)cc(-n3c4ccccc4c4cc(-c5cc(C)cc(C)c5)ccc43)c2-c2cccc(C#N)c2)c1. The van der Waals surface area contributed by atoms with Crippen molar-refractivity contribution in [1.82, 2.24) is 9.13 Å². The van der Waals surface area contributed by atoms with Gasteiger partial charge in [-0.1, -0.05) is 119 Å². The first kappa shape index (κ1) is 34.8. The van der Waals surface area contributed by atoms with Crippen LogP contribution in [0.1, 0.15) is 33.4 Å². The second kappa shape index (κ2) is 13.5. The summed E-state index contributed by atoms with van der Waals surface area (Å²) in [6.07, 6.45) is 0. The molecular formula is C54H38N4. The monoisotopic (exact) mass is 742 g/mol. The first-order valence-electron chi connectivity index (χ1n) is 19.6. The molecule has 0 spiro atoms. The maximum atomic E-state index is 10.8. The van der Waals surface area contributed by atoms with Crippen LogP contribution in [0.25, 0.3) is 88.4 Å². The third-order valence-corrected chi connectivity index (χ3v) is 11.4. The first-order chi connectivity index (χ1) is 28.3. The molecule has 274 valence electrons. The number of benzene rings is 8.